The van der Waals surface area contributed by atoms with E-state index in [0.717, 1.165) is 0 Å². The Hall–Kier alpha value is -1.60. The molecule has 0 fully saturated rings. The van der Waals surface area contributed by atoms with E-state index in [0.29, 0.717) is 31.2 Å². The highest BCUT2D eigenvalue weighted by atomic mass is 35.5. The molecule has 0 aromatic carbocycles. The first kappa shape index (κ1) is 17.5. The molecule has 0 radical (unpaired) electrons. The Morgan fingerprint density at radius 2 is 2.29 bits per heavy atom. The summed E-state index contributed by atoms with van der Waals surface area (Å²) in [6.45, 7) is 4.11. The highest BCUT2D eigenvalue weighted by Gasteiger charge is 2.21. The van der Waals surface area contributed by atoms with Crippen LogP contribution in [0.2, 0.25) is 0 Å². The van der Waals surface area contributed by atoms with E-state index in [-0.39, 0.29) is 18.4 Å². The summed E-state index contributed by atoms with van der Waals surface area (Å²) < 4.78 is 9.79. The minimum atomic E-state index is -0.686. The van der Waals surface area contributed by atoms with Gasteiger partial charge in [-0.2, -0.15) is 0 Å². The van der Waals surface area contributed by atoms with Gasteiger partial charge in [0.25, 0.3) is 0 Å². The van der Waals surface area contributed by atoms with E-state index in [9.17, 15) is 9.59 Å². The Bertz CT molecular complexity index is 476. The van der Waals surface area contributed by atoms with Gasteiger partial charge in [-0.05, 0) is 20.3 Å². The van der Waals surface area contributed by atoms with E-state index in [4.69, 9.17) is 20.9 Å². The lowest BCUT2D eigenvalue weighted by atomic mass is 10.3. The molecule has 21 heavy (non-hydrogen) atoms. The molecular formula is C13H20ClN3O4. The molecule has 1 heterocycles. The van der Waals surface area contributed by atoms with Crippen molar-refractivity contribution in [3.63, 3.8) is 0 Å². The summed E-state index contributed by atoms with van der Waals surface area (Å²) in [5.74, 6) is 0.263. The molecule has 118 valence electrons. The van der Waals surface area contributed by atoms with Crippen LogP contribution in [0.1, 0.15) is 19.1 Å². The van der Waals surface area contributed by atoms with Gasteiger partial charge in [-0.15, -0.1) is 11.6 Å². The van der Waals surface area contributed by atoms with Gasteiger partial charge in [0.05, 0.1) is 6.54 Å². The smallest absolute Gasteiger partial charge is 0.245 e. The molecule has 7 nitrogen and oxygen atoms in total. The Kier molecular flexibility index (Phi) is 7.18. The fourth-order valence-corrected chi connectivity index (χ4v) is 1.84. The second-order valence-corrected chi connectivity index (χ2v) is 5.25. The van der Waals surface area contributed by atoms with Crippen molar-refractivity contribution in [2.24, 2.45) is 0 Å². The average Bonchev–Trinajstić information content (AvgIpc) is 2.82. The van der Waals surface area contributed by atoms with E-state index in [1.54, 1.807) is 27.0 Å². The lowest BCUT2D eigenvalue weighted by molar-refractivity contribution is -0.134. The summed E-state index contributed by atoms with van der Waals surface area (Å²) >= 11 is 5.80. The number of aryl methyl sites for hydroxylation is 1. The maximum Gasteiger partial charge on any atom is 0.245 e. The second-order valence-electron chi connectivity index (χ2n) is 4.59. The van der Waals surface area contributed by atoms with Crippen LogP contribution in [0.5, 0.6) is 0 Å². The van der Waals surface area contributed by atoms with Gasteiger partial charge in [0.2, 0.25) is 11.8 Å². The zero-order valence-electron chi connectivity index (χ0n) is 12.4. The molecule has 0 aliphatic rings. The van der Waals surface area contributed by atoms with Crippen LogP contribution in [0.3, 0.4) is 0 Å². The third-order valence-electron chi connectivity index (χ3n) is 2.66. The number of halogens is 1. The Labute approximate surface area is 128 Å². The second kappa shape index (κ2) is 8.63. The summed E-state index contributed by atoms with van der Waals surface area (Å²) in [6, 6.07) is 1.60. The number of ether oxygens (including phenoxy) is 1. The minimum absolute atomic E-state index is 0.0918. The number of hydrogen-bond acceptors (Lipinski definition) is 5. The fraction of sp³-hybridized carbons (Fsp3) is 0.615. The number of amides is 2. The van der Waals surface area contributed by atoms with Crippen molar-refractivity contribution in [3.05, 3.63) is 11.8 Å². The first-order valence-corrected chi connectivity index (χ1v) is 7.02. The Morgan fingerprint density at radius 3 is 2.81 bits per heavy atom. The molecule has 1 rings (SSSR count). The van der Waals surface area contributed by atoms with Crippen LogP contribution in [-0.4, -0.2) is 54.1 Å². The third kappa shape index (κ3) is 6.14. The van der Waals surface area contributed by atoms with Gasteiger partial charge in [-0.3, -0.25) is 9.59 Å². The maximum absolute atomic E-state index is 12.0. The highest BCUT2D eigenvalue weighted by Crippen LogP contribution is 2.08. The first-order valence-electron chi connectivity index (χ1n) is 6.59. The molecule has 0 bridgehead atoms. The Morgan fingerprint density at radius 1 is 1.57 bits per heavy atom. The largest absolute Gasteiger partial charge is 0.385 e. The number of carbonyl (C=O) groups excluding carboxylic acids is 2. The van der Waals surface area contributed by atoms with Crippen LogP contribution in [0.4, 0.5) is 5.82 Å². The summed E-state index contributed by atoms with van der Waals surface area (Å²) in [4.78, 5) is 25.3. The predicted molar refractivity (Wildman–Crippen MR) is 78.3 cm³/mol. The van der Waals surface area contributed by atoms with Crippen molar-refractivity contribution in [2.45, 2.75) is 25.6 Å². The quantitative estimate of drug-likeness (QED) is 0.579. The van der Waals surface area contributed by atoms with E-state index in [1.165, 1.54) is 4.90 Å². The zero-order chi connectivity index (χ0) is 15.8. The lowest BCUT2D eigenvalue weighted by Gasteiger charge is -2.23. The number of methoxy groups -OCH3 is 1. The summed E-state index contributed by atoms with van der Waals surface area (Å²) in [5.41, 5.74) is 0. The van der Waals surface area contributed by atoms with Gasteiger partial charge in [0.1, 0.15) is 11.1 Å². The number of alkyl halides is 1. The maximum atomic E-state index is 12.0. The van der Waals surface area contributed by atoms with Crippen LogP contribution < -0.4 is 5.32 Å². The molecule has 1 aromatic heterocycles. The SMILES string of the molecule is COCCCN(CC(=O)Nc1cc(C)on1)C(=O)C(C)Cl. The van der Waals surface area contributed by atoms with Crippen LogP contribution in [0.25, 0.3) is 0 Å². The number of anilines is 1. The van der Waals surface area contributed by atoms with Crippen molar-refractivity contribution in [2.75, 3.05) is 32.1 Å². The average molecular weight is 318 g/mol. The number of rotatable bonds is 8. The van der Waals surface area contributed by atoms with Crippen molar-refractivity contribution in [3.8, 4) is 0 Å². The van der Waals surface area contributed by atoms with Gasteiger partial charge in [0, 0.05) is 26.3 Å². The Balaban J connectivity index is 2.57. The molecule has 1 aromatic rings. The molecule has 1 unspecified atom stereocenters. The summed E-state index contributed by atoms with van der Waals surface area (Å²) in [6.07, 6.45) is 0.627. The van der Waals surface area contributed by atoms with Gasteiger partial charge in [-0.1, -0.05) is 5.16 Å². The van der Waals surface area contributed by atoms with Gasteiger partial charge in [-0.25, -0.2) is 0 Å². The molecular weight excluding hydrogens is 298 g/mol. The summed E-state index contributed by atoms with van der Waals surface area (Å²) in [7, 11) is 1.58. The topological polar surface area (TPSA) is 84.7 Å². The van der Waals surface area contributed by atoms with Crippen LogP contribution in [0, 0.1) is 6.92 Å². The molecule has 8 heteroatoms. The van der Waals surface area contributed by atoms with E-state index in [2.05, 4.69) is 10.5 Å². The van der Waals surface area contributed by atoms with Gasteiger partial charge >= 0.3 is 0 Å². The van der Waals surface area contributed by atoms with Crippen molar-refractivity contribution in [1.29, 1.82) is 0 Å². The zero-order valence-corrected chi connectivity index (χ0v) is 13.1. The first-order chi connectivity index (χ1) is 9.93. The van der Waals surface area contributed by atoms with Crippen LogP contribution in [0.15, 0.2) is 10.6 Å². The molecule has 2 amide bonds. The highest BCUT2D eigenvalue weighted by molar-refractivity contribution is 6.30. The van der Waals surface area contributed by atoms with E-state index < -0.39 is 5.38 Å². The van der Waals surface area contributed by atoms with Crippen LogP contribution >= 0.6 is 11.6 Å². The number of nitrogens with one attached hydrogen (secondary N) is 1. The molecule has 0 aliphatic heterocycles. The van der Waals surface area contributed by atoms with Crippen molar-refractivity contribution >= 4 is 29.2 Å². The standard InChI is InChI=1S/C13H20ClN3O4/c1-9-7-11(16-21-9)15-12(18)8-17(5-4-6-20-3)13(19)10(2)14/h7,10H,4-6,8H2,1-3H3,(H,15,16,18). The van der Waals surface area contributed by atoms with Gasteiger partial charge < -0.3 is 19.5 Å². The summed E-state index contributed by atoms with van der Waals surface area (Å²) in [5, 5.41) is 5.54. The number of nitrogens with zero attached hydrogens (tertiary/aromatic N) is 2. The van der Waals surface area contributed by atoms with Crippen molar-refractivity contribution < 1.29 is 18.8 Å². The fourth-order valence-electron chi connectivity index (χ4n) is 1.70. The van der Waals surface area contributed by atoms with Gasteiger partial charge in [0.15, 0.2) is 5.82 Å². The molecule has 1 N–H and O–H groups in total. The number of carbonyl (C=O) groups is 2. The van der Waals surface area contributed by atoms with E-state index >= 15 is 0 Å². The minimum Gasteiger partial charge on any atom is -0.385 e. The van der Waals surface area contributed by atoms with E-state index in [1.807, 2.05) is 0 Å². The number of hydrogen-bond donors (Lipinski definition) is 1. The normalized spacial score (nSPS) is 12.0. The molecule has 1 atom stereocenters. The molecule has 0 aliphatic carbocycles. The third-order valence-corrected chi connectivity index (χ3v) is 2.85. The molecule has 0 saturated heterocycles. The number of aromatic nitrogens is 1. The molecule has 0 spiro atoms. The lowest BCUT2D eigenvalue weighted by Crippen LogP contribution is -2.42. The monoisotopic (exact) mass is 317 g/mol. The van der Waals surface area contributed by atoms with Crippen molar-refractivity contribution in [1.82, 2.24) is 10.1 Å². The van der Waals surface area contributed by atoms with Crippen LogP contribution in [-0.2, 0) is 14.3 Å². The predicted octanol–water partition coefficient (Wildman–Crippen LogP) is 1.41. The molecule has 0 saturated carbocycles.